The number of phenols is 1. The molecule has 6 nitrogen and oxygen atoms in total. The van der Waals surface area contributed by atoms with Crippen molar-refractivity contribution >= 4 is 17.5 Å². The van der Waals surface area contributed by atoms with E-state index in [9.17, 15) is 14.7 Å². The number of anilines is 1. The minimum Gasteiger partial charge on any atom is -0.507 e. The van der Waals surface area contributed by atoms with E-state index in [0.717, 1.165) is 23.0 Å². The summed E-state index contributed by atoms with van der Waals surface area (Å²) in [5.41, 5.74) is 2.42. The molecule has 0 bridgehead atoms. The van der Waals surface area contributed by atoms with Gasteiger partial charge in [-0.05, 0) is 36.8 Å². The predicted molar refractivity (Wildman–Crippen MR) is 98.4 cm³/mol. The summed E-state index contributed by atoms with van der Waals surface area (Å²) in [5.74, 6) is -0.177. The Kier molecular flexibility index (Phi) is 4.93. The first kappa shape index (κ1) is 17.5. The molecule has 0 radical (unpaired) electrons. The SMILES string of the molecule is C=CC(=O)Nc1ccc(O)c(C(=O)NC2CCOc3c(C)cccc32)c1. The number of hydrogen-bond acceptors (Lipinski definition) is 4. The number of ether oxygens (including phenoxy) is 1. The van der Waals surface area contributed by atoms with E-state index in [1.807, 2.05) is 25.1 Å². The summed E-state index contributed by atoms with van der Waals surface area (Å²) >= 11 is 0. The fourth-order valence-electron chi connectivity index (χ4n) is 2.96. The number of aromatic hydroxyl groups is 1. The van der Waals surface area contributed by atoms with Gasteiger partial charge in [0.2, 0.25) is 5.91 Å². The minimum absolute atomic E-state index is 0.0903. The molecule has 0 saturated heterocycles. The van der Waals surface area contributed by atoms with Crippen LogP contribution in [0.4, 0.5) is 5.69 Å². The summed E-state index contributed by atoms with van der Waals surface area (Å²) in [7, 11) is 0. The van der Waals surface area contributed by atoms with Crippen molar-refractivity contribution in [2.45, 2.75) is 19.4 Å². The summed E-state index contributed by atoms with van der Waals surface area (Å²) in [4.78, 5) is 24.1. The molecule has 0 saturated carbocycles. The van der Waals surface area contributed by atoms with Gasteiger partial charge in [0.05, 0.1) is 18.2 Å². The van der Waals surface area contributed by atoms with E-state index in [1.54, 1.807) is 0 Å². The van der Waals surface area contributed by atoms with Crippen molar-refractivity contribution < 1.29 is 19.4 Å². The van der Waals surface area contributed by atoms with Gasteiger partial charge in [-0.2, -0.15) is 0 Å². The fraction of sp³-hybridized carbons (Fsp3) is 0.200. The summed E-state index contributed by atoms with van der Waals surface area (Å²) in [6.07, 6.45) is 1.77. The Bertz CT molecular complexity index is 876. The lowest BCUT2D eigenvalue weighted by atomic mass is 9.97. The lowest BCUT2D eigenvalue weighted by Crippen LogP contribution is -2.32. The van der Waals surface area contributed by atoms with Crippen LogP contribution in [-0.4, -0.2) is 23.5 Å². The number of aryl methyl sites for hydroxylation is 1. The maximum Gasteiger partial charge on any atom is 0.255 e. The number of carbonyl (C=O) groups excluding carboxylic acids is 2. The van der Waals surface area contributed by atoms with Gasteiger partial charge < -0.3 is 20.5 Å². The molecule has 1 unspecified atom stereocenters. The first-order valence-corrected chi connectivity index (χ1v) is 8.29. The van der Waals surface area contributed by atoms with Crippen LogP contribution in [0, 0.1) is 6.92 Å². The molecule has 0 fully saturated rings. The van der Waals surface area contributed by atoms with E-state index < -0.39 is 11.8 Å². The number of fused-ring (bicyclic) bond motifs is 1. The normalized spacial score (nSPS) is 15.3. The van der Waals surface area contributed by atoms with Gasteiger partial charge >= 0.3 is 0 Å². The monoisotopic (exact) mass is 352 g/mol. The fourth-order valence-corrected chi connectivity index (χ4v) is 2.96. The molecule has 3 N–H and O–H groups in total. The van der Waals surface area contributed by atoms with E-state index in [4.69, 9.17) is 4.74 Å². The van der Waals surface area contributed by atoms with E-state index in [0.29, 0.717) is 18.7 Å². The van der Waals surface area contributed by atoms with Gasteiger partial charge in [-0.15, -0.1) is 0 Å². The molecule has 1 aliphatic rings. The third-order valence-corrected chi connectivity index (χ3v) is 4.27. The molecule has 26 heavy (non-hydrogen) atoms. The second kappa shape index (κ2) is 7.31. The van der Waals surface area contributed by atoms with Gasteiger partial charge in [0.1, 0.15) is 11.5 Å². The molecule has 1 heterocycles. The first-order chi connectivity index (χ1) is 12.5. The smallest absolute Gasteiger partial charge is 0.255 e. The number of hydrogen-bond donors (Lipinski definition) is 3. The van der Waals surface area contributed by atoms with Gasteiger partial charge in [0.15, 0.2) is 0 Å². The van der Waals surface area contributed by atoms with Crippen LogP contribution in [-0.2, 0) is 4.79 Å². The Morgan fingerprint density at radius 3 is 2.88 bits per heavy atom. The average Bonchev–Trinajstić information content (AvgIpc) is 2.64. The van der Waals surface area contributed by atoms with Crippen molar-refractivity contribution in [1.82, 2.24) is 5.32 Å². The number of para-hydroxylation sites is 1. The quantitative estimate of drug-likeness (QED) is 0.583. The highest BCUT2D eigenvalue weighted by Gasteiger charge is 2.25. The molecule has 134 valence electrons. The third kappa shape index (κ3) is 3.54. The van der Waals surface area contributed by atoms with Gasteiger partial charge in [-0.3, -0.25) is 9.59 Å². The zero-order valence-electron chi connectivity index (χ0n) is 14.4. The molecule has 1 atom stereocenters. The van der Waals surface area contributed by atoms with E-state index >= 15 is 0 Å². The van der Waals surface area contributed by atoms with Gasteiger partial charge in [-0.25, -0.2) is 0 Å². The molecule has 1 aliphatic heterocycles. The van der Waals surface area contributed by atoms with Crippen molar-refractivity contribution in [2.75, 3.05) is 11.9 Å². The number of benzene rings is 2. The van der Waals surface area contributed by atoms with Crippen LogP contribution in [0.5, 0.6) is 11.5 Å². The second-order valence-electron chi connectivity index (χ2n) is 6.08. The molecule has 6 heteroatoms. The van der Waals surface area contributed by atoms with Crippen LogP contribution in [0.2, 0.25) is 0 Å². The Balaban J connectivity index is 1.83. The highest BCUT2D eigenvalue weighted by atomic mass is 16.5. The Morgan fingerprint density at radius 1 is 1.31 bits per heavy atom. The highest BCUT2D eigenvalue weighted by Crippen LogP contribution is 2.35. The van der Waals surface area contributed by atoms with E-state index in [-0.39, 0.29) is 17.4 Å². The van der Waals surface area contributed by atoms with Gasteiger partial charge in [0, 0.05) is 17.7 Å². The zero-order chi connectivity index (χ0) is 18.7. The van der Waals surface area contributed by atoms with Crippen LogP contribution in [0.15, 0.2) is 49.1 Å². The number of carbonyl (C=O) groups is 2. The highest BCUT2D eigenvalue weighted by molar-refractivity contribution is 6.02. The summed E-state index contributed by atoms with van der Waals surface area (Å²) in [5, 5.41) is 15.6. The lowest BCUT2D eigenvalue weighted by Gasteiger charge is -2.28. The van der Waals surface area contributed by atoms with Crippen LogP contribution >= 0.6 is 0 Å². The molecule has 2 amide bonds. The van der Waals surface area contributed by atoms with E-state index in [1.165, 1.54) is 18.2 Å². The number of rotatable bonds is 4. The lowest BCUT2D eigenvalue weighted by molar-refractivity contribution is -0.111. The minimum atomic E-state index is -0.420. The topological polar surface area (TPSA) is 87.7 Å². The molecule has 2 aromatic carbocycles. The predicted octanol–water partition coefficient (Wildman–Crippen LogP) is 3.08. The first-order valence-electron chi connectivity index (χ1n) is 8.29. The Hall–Kier alpha value is -3.28. The molecule has 0 aromatic heterocycles. The van der Waals surface area contributed by atoms with Crippen LogP contribution < -0.4 is 15.4 Å². The number of phenolic OH excluding ortho intramolecular Hbond substituents is 1. The summed E-state index contributed by atoms with van der Waals surface area (Å²) in [6.45, 7) is 5.85. The van der Waals surface area contributed by atoms with Crippen molar-refractivity contribution in [2.24, 2.45) is 0 Å². The molecular formula is C20H20N2O4. The average molecular weight is 352 g/mol. The molecule has 0 aliphatic carbocycles. The zero-order valence-corrected chi connectivity index (χ0v) is 14.4. The van der Waals surface area contributed by atoms with Crippen molar-refractivity contribution in [3.63, 3.8) is 0 Å². The molecule has 2 aromatic rings. The summed E-state index contributed by atoms with van der Waals surface area (Å²) in [6, 6.07) is 9.91. The van der Waals surface area contributed by atoms with Crippen LogP contribution in [0.25, 0.3) is 0 Å². The van der Waals surface area contributed by atoms with Crippen molar-refractivity contribution in [3.05, 3.63) is 65.7 Å². The standard InChI is InChI=1S/C20H20N2O4/c1-3-18(24)21-13-7-8-17(23)15(11-13)20(25)22-16-9-10-26-19-12(2)5-4-6-14(16)19/h3-8,11,16,23H,1,9-10H2,2H3,(H,21,24)(H,22,25). The Morgan fingerprint density at radius 2 is 2.12 bits per heavy atom. The molecular weight excluding hydrogens is 332 g/mol. The second-order valence-corrected chi connectivity index (χ2v) is 6.08. The van der Waals surface area contributed by atoms with Crippen LogP contribution in [0.1, 0.15) is 33.9 Å². The van der Waals surface area contributed by atoms with Gasteiger partial charge in [0.25, 0.3) is 5.91 Å². The van der Waals surface area contributed by atoms with E-state index in [2.05, 4.69) is 17.2 Å². The summed E-state index contributed by atoms with van der Waals surface area (Å²) < 4.78 is 5.71. The van der Waals surface area contributed by atoms with Gasteiger partial charge in [-0.1, -0.05) is 24.8 Å². The Labute approximate surface area is 151 Å². The maximum absolute atomic E-state index is 12.7. The van der Waals surface area contributed by atoms with Crippen molar-refractivity contribution in [3.8, 4) is 11.5 Å². The molecule has 0 spiro atoms. The van der Waals surface area contributed by atoms with Crippen LogP contribution in [0.3, 0.4) is 0 Å². The largest absolute Gasteiger partial charge is 0.507 e. The number of amides is 2. The third-order valence-electron chi connectivity index (χ3n) is 4.27. The van der Waals surface area contributed by atoms with Crippen molar-refractivity contribution in [1.29, 1.82) is 0 Å². The maximum atomic E-state index is 12.7. The molecule has 3 rings (SSSR count). The number of nitrogens with one attached hydrogen (secondary N) is 2.